The number of ketones is 2. The fourth-order valence-electron chi connectivity index (χ4n) is 2.84. The predicted molar refractivity (Wildman–Crippen MR) is 98.0 cm³/mol. The van der Waals surface area contributed by atoms with E-state index in [0.717, 1.165) is 25.9 Å². The molecule has 0 aliphatic carbocycles. The Labute approximate surface area is 152 Å². The largest absolute Gasteiger partial charge is 0.337 e. The van der Waals surface area contributed by atoms with Gasteiger partial charge in [0.2, 0.25) is 0 Å². The number of rotatable bonds is 10. The topological polar surface area (TPSA) is 69.8 Å². The van der Waals surface area contributed by atoms with Gasteiger partial charge in [-0.3, -0.25) is 9.59 Å². The second kappa shape index (κ2) is 8.89. The van der Waals surface area contributed by atoms with E-state index in [9.17, 15) is 9.59 Å². The van der Waals surface area contributed by atoms with Crippen LogP contribution in [-0.2, 0) is 13.1 Å². The zero-order valence-corrected chi connectivity index (χ0v) is 14.6. The molecule has 0 amide bonds. The van der Waals surface area contributed by atoms with E-state index in [-0.39, 0.29) is 11.6 Å². The van der Waals surface area contributed by atoms with E-state index in [0.29, 0.717) is 24.0 Å². The van der Waals surface area contributed by atoms with Gasteiger partial charge in [-0.2, -0.15) is 0 Å². The number of carbonyl (C=O) groups is 2. The van der Waals surface area contributed by atoms with Gasteiger partial charge >= 0.3 is 0 Å². The van der Waals surface area contributed by atoms with Crippen molar-refractivity contribution in [3.63, 3.8) is 0 Å². The number of benzene rings is 1. The van der Waals surface area contributed by atoms with E-state index in [1.165, 1.54) is 0 Å². The molecule has 134 valence electrons. The third kappa shape index (κ3) is 4.99. The van der Waals surface area contributed by atoms with Gasteiger partial charge in [0.15, 0.2) is 11.6 Å². The summed E-state index contributed by atoms with van der Waals surface area (Å²) in [6.07, 6.45) is 13.1. The van der Waals surface area contributed by atoms with Gasteiger partial charge in [0.1, 0.15) is 0 Å². The summed E-state index contributed by atoms with van der Waals surface area (Å²) in [5.74, 6) is 0.136. The first kappa shape index (κ1) is 17.8. The maximum Gasteiger partial charge on any atom is 0.162 e. The molecule has 3 rings (SSSR count). The lowest BCUT2D eigenvalue weighted by atomic mass is 10.00. The van der Waals surface area contributed by atoms with Gasteiger partial charge < -0.3 is 9.13 Å². The van der Waals surface area contributed by atoms with Crippen LogP contribution < -0.4 is 0 Å². The van der Waals surface area contributed by atoms with E-state index >= 15 is 0 Å². The molecule has 2 heterocycles. The molecule has 6 heteroatoms. The van der Waals surface area contributed by atoms with Crippen LogP contribution in [0.25, 0.3) is 0 Å². The first-order valence-corrected chi connectivity index (χ1v) is 8.80. The van der Waals surface area contributed by atoms with Crippen LogP contribution in [0.3, 0.4) is 0 Å². The number of hydrogen-bond acceptors (Lipinski definition) is 4. The highest BCUT2D eigenvalue weighted by Gasteiger charge is 2.10. The first-order chi connectivity index (χ1) is 12.7. The molecule has 0 saturated heterocycles. The van der Waals surface area contributed by atoms with Gasteiger partial charge in [0, 0.05) is 61.8 Å². The number of Topliss-reactive ketones (excluding diaryl/α,β-unsaturated/α-hetero) is 2. The number of nitrogens with zero attached hydrogens (tertiary/aromatic N) is 4. The zero-order chi connectivity index (χ0) is 18.2. The summed E-state index contributed by atoms with van der Waals surface area (Å²) in [4.78, 5) is 32.7. The lowest BCUT2D eigenvalue weighted by Gasteiger charge is -2.06. The van der Waals surface area contributed by atoms with Crippen LogP contribution in [0, 0.1) is 0 Å². The quantitative estimate of drug-likeness (QED) is 0.526. The molecule has 0 saturated carbocycles. The van der Waals surface area contributed by atoms with Crippen LogP contribution in [0.15, 0.2) is 61.7 Å². The highest BCUT2D eigenvalue weighted by atomic mass is 16.1. The van der Waals surface area contributed by atoms with E-state index in [1.54, 1.807) is 49.3 Å². The van der Waals surface area contributed by atoms with Crippen LogP contribution in [0.1, 0.15) is 46.4 Å². The number of aryl methyl sites for hydroxylation is 2. The third-order valence-electron chi connectivity index (χ3n) is 4.27. The zero-order valence-electron chi connectivity index (χ0n) is 14.6. The molecule has 0 unspecified atom stereocenters. The molecule has 0 aliphatic rings. The summed E-state index contributed by atoms with van der Waals surface area (Å²) in [6, 6.07) is 7.06. The van der Waals surface area contributed by atoms with Gasteiger partial charge in [0.25, 0.3) is 0 Å². The first-order valence-electron chi connectivity index (χ1n) is 8.80. The Balaban J connectivity index is 1.49. The molecular weight excluding hydrogens is 328 g/mol. The van der Waals surface area contributed by atoms with Crippen molar-refractivity contribution in [1.82, 2.24) is 19.1 Å². The molecule has 0 fully saturated rings. The van der Waals surface area contributed by atoms with Gasteiger partial charge in [-0.1, -0.05) is 18.2 Å². The second-order valence-electron chi connectivity index (χ2n) is 6.24. The van der Waals surface area contributed by atoms with Crippen molar-refractivity contribution in [2.24, 2.45) is 0 Å². The van der Waals surface area contributed by atoms with E-state index < -0.39 is 0 Å². The summed E-state index contributed by atoms with van der Waals surface area (Å²) in [5, 5.41) is 0. The Morgan fingerprint density at radius 3 is 1.73 bits per heavy atom. The maximum absolute atomic E-state index is 12.4. The van der Waals surface area contributed by atoms with Crippen LogP contribution in [-0.4, -0.2) is 30.7 Å². The smallest absolute Gasteiger partial charge is 0.162 e. The number of hydrogen-bond donors (Lipinski definition) is 0. The van der Waals surface area contributed by atoms with E-state index in [1.807, 2.05) is 21.5 Å². The molecule has 0 N–H and O–H groups in total. The SMILES string of the molecule is O=C(CCCn1ccnc1)c1cccc(C(=O)CCCn2ccnc2)c1. The minimum Gasteiger partial charge on any atom is -0.337 e. The number of aromatic nitrogens is 4. The van der Waals surface area contributed by atoms with Gasteiger partial charge in [-0.15, -0.1) is 0 Å². The fourth-order valence-corrected chi connectivity index (χ4v) is 2.84. The Morgan fingerprint density at radius 2 is 1.31 bits per heavy atom. The van der Waals surface area contributed by atoms with Crippen LogP contribution in [0.4, 0.5) is 0 Å². The molecule has 0 atom stereocenters. The van der Waals surface area contributed by atoms with Gasteiger partial charge in [0.05, 0.1) is 12.7 Å². The van der Waals surface area contributed by atoms with Crippen molar-refractivity contribution < 1.29 is 9.59 Å². The summed E-state index contributed by atoms with van der Waals surface area (Å²) < 4.78 is 3.90. The van der Waals surface area contributed by atoms with Gasteiger partial charge in [-0.25, -0.2) is 9.97 Å². The minimum absolute atomic E-state index is 0.0678. The molecule has 6 nitrogen and oxygen atoms in total. The Hall–Kier alpha value is -3.02. The molecule has 0 spiro atoms. The highest BCUT2D eigenvalue weighted by Crippen LogP contribution is 2.13. The van der Waals surface area contributed by atoms with Crippen molar-refractivity contribution in [2.75, 3.05) is 0 Å². The lowest BCUT2D eigenvalue weighted by molar-refractivity contribution is 0.0977. The normalized spacial score (nSPS) is 10.8. The van der Waals surface area contributed by atoms with Crippen molar-refractivity contribution in [3.8, 4) is 0 Å². The fraction of sp³-hybridized carbons (Fsp3) is 0.300. The molecule has 1 aromatic carbocycles. The summed E-state index contributed by atoms with van der Waals surface area (Å²) >= 11 is 0. The molecular formula is C20H22N4O2. The average Bonchev–Trinajstić information content (AvgIpc) is 3.35. The average molecular weight is 350 g/mol. The summed E-state index contributed by atoms with van der Waals surface area (Å²) in [5.41, 5.74) is 1.21. The third-order valence-corrected chi connectivity index (χ3v) is 4.27. The Morgan fingerprint density at radius 1 is 0.808 bits per heavy atom. The lowest BCUT2D eigenvalue weighted by Crippen LogP contribution is -2.06. The predicted octanol–water partition coefficient (Wildman–Crippen LogP) is 3.41. The summed E-state index contributed by atoms with van der Waals surface area (Å²) in [7, 11) is 0. The van der Waals surface area contributed by atoms with E-state index in [4.69, 9.17) is 0 Å². The molecule has 0 bridgehead atoms. The van der Waals surface area contributed by atoms with Crippen molar-refractivity contribution in [3.05, 3.63) is 72.8 Å². The Bertz CT molecular complexity index is 771. The van der Waals surface area contributed by atoms with E-state index in [2.05, 4.69) is 9.97 Å². The number of carbonyl (C=O) groups excluding carboxylic acids is 2. The highest BCUT2D eigenvalue weighted by molar-refractivity contribution is 6.01. The van der Waals surface area contributed by atoms with Gasteiger partial charge in [-0.05, 0) is 18.9 Å². The monoisotopic (exact) mass is 350 g/mol. The molecule has 3 aromatic rings. The molecule has 0 aliphatic heterocycles. The number of imidazole rings is 2. The minimum atomic E-state index is 0.0678. The maximum atomic E-state index is 12.4. The van der Waals surface area contributed by atoms with Crippen molar-refractivity contribution in [1.29, 1.82) is 0 Å². The second-order valence-corrected chi connectivity index (χ2v) is 6.24. The van der Waals surface area contributed by atoms with Crippen molar-refractivity contribution >= 4 is 11.6 Å². The molecule has 26 heavy (non-hydrogen) atoms. The van der Waals surface area contributed by atoms with Crippen LogP contribution >= 0.6 is 0 Å². The van der Waals surface area contributed by atoms with Crippen LogP contribution in [0.2, 0.25) is 0 Å². The Kier molecular flexibility index (Phi) is 6.09. The van der Waals surface area contributed by atoms with Crippen molar-refractivity contribution in [2.45, 2.75) is 38.8 Å². The standard InChI is InChI=1S/C20H22N4O2/c25-19(6-2-10-23-12-8-21-15-23)17-4-1-5-18(14-17)20(26)7-3-11-24-13-9-22-16-24/h1,4-5,8-9,12-16H,2-3,6-7,10-11H2. The summed E-state index contributed by atoms with van der Waals surface area (Å²) in [6.45, 7) is 1.53. The molecule has 0 radical (unpaired) electrons. The van der Waals surface area contributed by atoms with Crippen LogP contribution in [0.5, 0.6) is 0 Å². The molecule has 2 aromatic heterocycles.